The Hall–Kier alpha value is -4.58. The lowest BCUT2D eigenvalue weighted by molar-refractivity contribution is -0.146. The number of fused-ring (bicyclic) bond motifs is 1. The van der Waals surface area contributed by atoms with E-state index < -0.39 is 46.5 Å². The molecule has 0 spiro atoms. The van der Waals surface area contributed by atoms with Gasteiger partial charge in [-0.25, -0.2) is 22.0 Å². The number of nitrogens with zero attached hydrogens (tertiary/aromatic N) is 1. The van der Waals surface area contributed by atoms with Gasteiger partial charge < -0.3 is 14.5 Å². The molecule has 1 heterocycles. The Kier molecular flexibility index (Phi) is 9.24. The minimum absolute atomic E-state index is 0.0556. The molecule has 3 aromatic carbocycles. The molecule has 0 unspecified atom stereocenters. The Balaban J connectivity index is 2.00. The number of alkyl halides is 1. The van der Waals surface area contributed by atoms with Crippen molar-refractivity contribution >= 4 is 44.3 Å². The van der Waals surface area contributed by atoms with Gasteiger partial charge in [0.05, 0.1) is 31.2 Å². The van der Waals surface area contributed by atoms with Crippen molar-refractivity contribution in [2.75, 3.05) is 30.9 Å². The van der Waals surface area contributed by atoms with Crippen LogP contribution in [-0.2, 0) is 19.6 Å². The lowest BCUT2D eigenvalue weighted by Crippen LogP contribution is -2.50. The molecule has 9 nitrogen and oxygen atoms in total. The summed E-state index contributed by atoms with van der Waals surface area (Å²) in [6.45, 7) is 3.15. The van der Waals surface area contributed by atoms with Gasteiger partial charge in [0.25, 0.3) is 5.91 Å². The van der Waals surface area contributed by atoms with Crippen LogP contribution in [0.2, 0.25) is 0 Å². The van der Waals surface area contributed by atoms with Crippen molar-refractivity contribution in [2.24, 2.45) is 0 Å². The van der Waals surface area contributed by atoms with E-state index in [2.05, 4.69) is 5.32 Å². The van der Waals surface area contributed by atoms with Gasteiger partial charge in [0.15, 0.2) is 5.78 Å². The first kappa shape index (κ1) is 32.3. The molecule has 4 aromatic rings. The van der Waals surface area contributed by atoms with Crippen molar-refractivity contribution in [3.05, 3.63) is 77.6 Å². The number of methoxy groups -OCH3 is 1. The summed E-state index contributed by atoms with van der Waals surface area (Å²) >= 11 is 0. The first-order valence-corrected chi connectivity index (χ1v) is 15.5. The van der Waals surface area contributed by atoms with Crippen molar-refractivity contribution in [2.45, 2.75) is 32.7 Å². The lowest BCUT2D eigenvalue weighted by Gasteiger charge is -2.25. The number of ketones is 1. The molecule has 0 radical (unpaired) electrons. The third kappa shape index (κ3) is 6.49. The monoisotopic (exact) mass is 626 g/mol. The zero-order chi connectivity index (χ0) is 32.4. The maximum atomic E-state index is 13.7. The second-order valence-electron chi connectivity index (χ2n) is 10.6. The minimum Gasteiger partial charge on any atom is -0.467 e. The van der Waals surface area contributed by atoms with Crippen molar-refractivity contribution in [3.63, 3.8) is 0 Å². The molecule has 4 rings (SSSR count). The zero-order valence-corrected chi connectivity index (χ0v) is 25.7. The van der Waals surface area contributed by atoms with Crippen LogP contribution in [0.5, 0.6) is 0 Å². The van der Waals surface area contributed by atoms with Crippen LogP contribution in [0, 0.1) is 5.82 Å². The van der Waals surface area contributed by atoms with E-state index >= 15 is 0 Å². The molecule has 0 aliphatic rings. The quantitative estimate of drug-likeness (QED) is 0.162. The van der Waals surface area contributed by atoms with E-state index in [1.807, 2.05) is 0 Å². The SMILES string of the molecule is CCC(=O)c1c(-c2ccc(F)cc2)oc2cc(N(CCF)S(C)(=O)=O)c(-c3cccc(C(=O)NC(C)(C)C(=O)OC)c3)cc12. The molecule has 0 fully saturated rings. The van der Waals surface area contributed by atoms with Crippen LogP contribution in [0.1, 0.15) is 47.9 Å². The maximum Gasteiger partial charge on any atom is 0.330 e. The lowest BCUT2D eigenvalue weighted by atomic mass is 9.95. The van der Waals surface area contributed by atoms with Crippen LogP contribution in [-0.4, -0.2) is 58.2 Å². The van der Waals surface area contributed by atoms with Gasteiger partial charge in [-0.15, -0.1) is 0 Å². The fourth-order valence-corrected chi connectivity index (χ4v) is 5.77. The van der Waals surface area contributed by atoms with Crippen LogP contribution in [0.15, 0.2) is 65.1 Å². The van der Waals surface area contributed by atoms with E-state index in [0.29, 0.717) is 16.5 Å². The summed E-state index contributed by atoms with van der Waals surface area (Å²) in [5.41, 5.74) is 0.299. The molecule has 0 atom stereocenters. The van der Waals surface area contributed by atoms with Gasteiger partial charge in [-0.3, -0.25) is 13.9 Å². The number of amides is 1. The van der Waals surface area contributed by atoms with E-state index in [-0.39, 0.29) is 45.9 Å². The molecule has 0 aliphatic heterocycles. The van der Waals surface area contributed by atoms with E-state index in [9.17, 15) is 31.6 Å². The van der Waals surface area contributed by atoms with Crippen LogP contribution in [0.3, 0.4) is 0 Å². The third-order valence-corrected chi connectivity index (χ3v) is 8.21. The number of hydrogen-bond donors (Lipinski definition) is 1. The van der Waals surface area contributed by atoms with E-state index in [1.165, 1.54) is 63.4 Å². The average molecular weight is 627 g/mol. The van der Waals surface area contributed by atoms with Crippen LogP contribution in [0.25, 0.3) is 33.4 Å². The summed E-state index contributed by atoms with van der Waals surface area (Å²) in [5, 5.41) is 2.97. The van der Waals surface area contributed by atoms with Gasteiger partial charge in [0, 0.05) is 34.6 Å². The molecule has 0 bridgehead atoms. The van der Waals surface area contributed by atoms with Gasteiger partial charge in [-0.05, 0) is 61.9 Å². The predicted octanol–water partition coefficient (Wildman–Crippen LogP) is 5.92. The number of sulfonamides is 1. The van der Waals surface area contributed by atoms with Crippen molar-refractivity contribution < 1.29 is 40.7 Å². The number of anilines is 1. The number of benzene rings is 3. The van der Waals surface area contributed by atoms with Crippen LogP contribution < -0.4 is 9.62 Å². The van der Waals surface area contributed by atoms with E-state index in [0.717, 1.165) is 10.6 Å². The highest BCUT2D eigenvalue weighted by molar-refractivity contribution is 7.92. The standard InChI is InChI=1S/C32H32F2N2O7S/c1-6-26(37)28-24-17-23(20-8-7-9-21(16-20)30(38)35-32(2,3)31(39)42-4)25(36(15-14-33)44(5,40)41)18-27(24)43-29(28)19-10-12-22(34)13-11-19/h7-13,16-18H,6,14-15H2,1-5H3,(H,35,38). The second-order valence-corrected chi connectivity index (χ2v) is 12.5. The highest BCUT2D eigenvalue weighted by atomic mass is 32.2. The molecule has 0 aliphatic carbocycles. The molecule has 1 N–H and O–H groups in total. The van der Waals surface area contributed by atoms with Gasteiger partial charge in [0.1, 0.15) is 29.4 Å². The summed E-state index contributed by atoms with van der Waals surface area (Å²) < 4.78 is 64.9. The summed E-state index contributed by atoms with van der Waals surface area (Å²) in [4.78, 5) is 38.6. The molecule has 44 heavy (non-hydrogen) atoms. The molecule has 0 saturated heterocycles. The Labute approximate surface area is 253 Å². The van der Waals surface area contributed by atoms with Crippen LogP contribution in [0.4, 0.5) is 14.5 Å². The number of nitrogens with one attached hydrogen (secondary N) is 1. The van der Waals surface area contributed by atoms with Crippen LogP contribution >= 0.6 is 0 Å². The third-order valence-electron chi connectivity index (χ3n) is 7.03. The zero-order valence-electron chi connectivity index (χ0n) is 24.9. The fraction of sp³-hybridized carbons (Fsp3) is 0.281. The number of esters is 1. The largest absolute Gasteiger partial charge is 0.467 e. The number of carbonyl (C=O) groups is 3. The van der Waals surface area contributed by atoms with Crippen molar-refractivity contribution in [3.8, 4) is 22.5 Å². The number of carbonyl (C=O) groups excluding carboxylic acids is 3. The first-order chi connectivity index (χ1) is 20.7. The average Bonchev–Trinajstić information content (AvgIpc) is 3.36. The summed E-state index contributed by atoms with van der Waals surface area (Å²) in [7, 11) is -2.81. The number of ether oxygens (including phenoxy) is 1. The molecule has 232 valence electrons. The highest BCUT2D eigenvalue weighted by Crippen LogP contribution is 2.42. The number of halogens is 2. The molecular formula is C32H32F2N2O7S. The Morgan fingerprint density at radius 2 is 1.70 bits per heavy atom. The predicted molar refractivity (Wildman–Crippen MR) is 163 cm³/mol. The number of rotatable bonds is 11. The van der Waals surface area contributed by atoms with Gasteiger partial charge in [-0.1, -0.05) is 19.1 Å². The van der Waals surface area contributed by atoms with Gasteiger partial charge >= 0.3 is 5.97 Å². The summed E-state index contributed by atoms with van der Waals surface area (Å²) in [6.07, 6.45) is 1.05. The number of Topliss-reactive ketones (excluding diaryl/α,β-unsaturated/α-hetero) is 1. The smallest absolute Gasteiger partial charge is 0.330 e. The maximum absolute atomic E-state index is 13.7. The molecule has 1 aromatic heterocycles. The first-order valence-electron chi connectivity index (χ1n) is 13.7. The van der Waals surface area contributed by atoms with Gasteiger partial charge in [0.2, 0.25) is 10.0 Å². The van der Waals surface area contributed by atoms with E-state index in [4.69, 9.17) is 9.15 Å². The molecule has 12 heteroatoms. The second kappa shape index (κ2) is 12.6. The van der Waals surface area contributed by atoms with Gasteiger partial charge in [-0.2, -0.15) is 0 Å². The topological polar surface area (TPSA) is 123 Å². The normalized spacial score (nSPS) is 11.8. The Bertz CT molecular complexity index is 1850. The minimum atomic E-state index is -4.01. The number of furan rings is 1. The van der Waals surface area contributed by atoms with E-state index in [1.54, 1.807) is 25.1 Å². The molecule has 0 saturated carbocycles. The molecular weight excluding hydrogens is 594 g/mol. The number of hydrogen-bond acceptors (Lipinski definition) is 7. The van der Waals surface area contributed by atoms with Crippen molar-refractivity contribution in [1.29, 1.82) is 0 Å². The highest BCUT2D eigenvalue weighted by Gasteiger charge is 2.31. The van der Waals surface area contributed by atoms with Crippen molar-refractivity contribution in [1.82, 2.24) is 5.32 Å². The Morgan fingerprint density at radius 3 is 2.30 bits per heavy atom. The molecule has 1 amide bonds. The summed E-state index contributed by atoms with van der Waals surface area (Å²) in [6, 6.07) is 14.6. The summed E-state index contributed by atoms with van der Waals surface area (Å²) in [5.74, 6) is -1.84. The Morgan fingerprint density at radius 1 is 1.02 bits per heavy atom. The fourth-order valence-electron chi connectivity index (χ4n) is 4.86.